The number of aryl methyl sites for hydroxylation is 1. The molecule has 0 fully saturated rings. The summed E-state index contributed by atoms with van der Waals surface area (Å²) in [6.45, 7) is 3.97. The monoisotopic (exact) mass is 316 g/mol. The predicted octanol–water partition coefficient (Wildman–Crippen LogP) is 2.59. The summed E-state index contributed by atoms with van der Waals surface area (Å²) in [4.78, 5) is 11.6. The number of esters is 1. The lowest BCUT2D eigenvalue weighted by atomic mass is 10.1. The lowest BCUT2D eigenvalue weighted by molar-refractivity contribution is 0.0526. The topological polar surface area (TPSA) is 64.3 Å². The predicted molar refractivity (Wildman–Crippen MR) is 75.2 cm³/mol. The number of nitrogens with one attached hydrogen (secondary N) is 1. The summed E-state index contributed by atoms with van der Waals surface area (Å²) in [6.07, 6.45) is 0. The number of anilines is 1. The van der Waals surface area contributed by atoms with Gasteiger partial charge in [0.1, 0.15) is 0 Å². The molecule has 0 aliphatic heterocycles. The van der Waals surface area contributed by atoms with E-state index in [0.717, 1.165) is 11.3 Å². The van der Waals surface area contributed by atoms with Crippen molar-refractivity contribution in [3.05, 3.63) is 27.7 Å². The molecule has 1 aromatic carbocycles. The summed E-state index contributed by atoms with van der Waals surface area (Å²) < 4.78 is 5.64. The van der Waals surface area contributed by atoms with Gasteiger partial charge in [-0.1, -0.05) is 0 Å². The summed E-state index contributed by atoms with van der Waals surface area (Å²) >= 11 is 8.14. The highest BCUT2D eigenvalue weighted by molar-refractivity contribution is 9.10. The summed E-state index contributed by atoms with van der Waals surface area (Å²) in [5.41, 5.74) is 7.52. The van der Waals surface area contributed by atoms with Gasteiger partial charge in [-0.25, -0.2) is 4.79 Å². The lowest BCUT2D eigenvalue weighted by Gasteiger charge is -2.12. The summed E-state index contributed by atoms with van der Waals surface area (Å²) in [7, 11) is 0. The minimum atomic E-state index is -0.349. The first-order valence-electron chi connectivity index (χ1n) is 4.99. The van der Waals surface area contributed by atoms with Gasteiger partial charge in [0, 0.05) is 4.47 Å². The molecule has 0 aromatic heterocycles. The number of carbonyl (C=O) groups excluding carboxylic acids is 1. The molecule has 0 bridgehead atoms. The van der Waals surface area contributed by atoms with Gasteiger partial charge in [0.2, 0.25) is 0 Å². The lowest BCUT2D eigenvalue weighted by Crippen LogP contribution is -2.20. The second-order valence-corrected chi connectivity index (χ2v) is 4.65. The molecule has 4 nitrogen and oxygen atoms in total. The van der Waals surface area contributed by atoms with Gasteiger partial charge in [-0.15, -0.1) is 0 Å². The van der Waals surface area contributed by atoms with Crippen LogP contribution in [0.5, 0.6) is 0 Å². The minimum absolute atomic E-state index is 0.178. The summed E-state index contributed by atoms with van der Waals surface area (Å²) in [6, 6.07) is 3.40. The quantitative estimate of drug-likeness (QED) is 0.663. The van der Waals surface area contributed by atoms with E-state index in [1.807, 2.05) is 6.92 Å². The number of benzene rings is 1. The fourth-order valence-electron chi connectivity index (χ4n) is 1.36. The van der Waals surface area contributed by atoms with E-state index in [1.165, 1.54) is 0 Å². The van der Waals surface area contributed by atoms with Crippen LogP contribution in [0.3, 0.4) is 0 Å². The van der Waals surface area contributed by atoms with Gasteiger partial charge >= 0.3 is 5.97 Å². The van der Waals surface area contributed by atoms with E-state index in [4.69, 9.17) is 22.7 Å². The molecule has 0 radical (unpaired) electrons. The Kier molecular flexibility index (Phi) is 4.89. The van der Waals surface area contributed by atoms with Crippen molar-refractivity contribution >= 4 is 44.9 Å². The molecule has 3 N–H and O–H groups in total. The number of nitrogens with two attached hydrogens (primary N) is 1. The number of carbonyl (C=O) groups is 1. The molecule has 0 amide bonds. The van der Waals surface area contributed by atoms with Crippen molar-refractivity contribution in [2.24, 2.45) is 5.73 Å². The zero-order valence-corrected chi connectivity index (χ0v) is 11.9. The van der Waals surface area contributed by atoms with Crippen LogP contribution in [-0.4, -0.2) is 17.7 Å². The van der Waals surface area contributed by atoms with Gasteiger partial charge < -0.3 is 15.8 Å². The van der Waals surface area contributed by atoms with Gasteiger partial charge in [-0.05, 0) is 59.7 Å². The van der Waals surface area contributed by atoms with Crippen LogP contribution < -0.4 is 11.1 Å². The Morgan fingerprint density at radius 1 is 1.59 bits per heavy atom. The Balaban J connectivity index is 3.09. The standard InChI is InChI=1S/C11H13BrN2O2S/c1-3-16-10(15)7-4-6(2)9(8(12)5-7)14-11(13)17/h4-5H,3H2,1-2H3,(H3,13,14,17). The van der Waals surface area contributed by atoms with Crippen LogP contribution in [0.15, 0.2) is 16.6 Å². The molecule has 0 spiro atoms. The molecule has 0 saturated carbocycles. The molecule has 1 rings (SSSR count). The molecule has 0 unspecified atom stereocenters. The Bertz CT molecular complexity index is 440. The average Bonchev–Trinajstić information content (AvgIpc) is 2.23. The van der Waals surface area contributed by atoms with Crippen molar-refractivity contribution < 1.29 is 9.53 Å². The zero-order chi connectivity index (χ0) is 13.0. The van der Waals surface area contributed by atoms with E-state index < -0.39 is 0 Å². The number of thiocarbonyl (C=S) groups is 1. The van der Waals surface area contributed by atoms with Crippen molar-refractivity contribution in [2.45, 2.75) is 13.8 Å². The van der Waals surface area contributed by atoms with Gasteiger partial charge in [-0.3, -0.25) is 0 Å². The highest BCUT2D eigenvalue weighted by atomic mass is 79.9. The van der Waals surface area contributed by atoms with Gasteiger partial charge in [0.25, 0.3) is 0 Å². The van der Waals surface area contributed by atoms with Gasteiger partial charge in [-0.2, -0.15) is 0 Å². The average molecular weight is 317 g/mol. The van der Waals surface area contributed by atoms with E-state index in [-0.39, 0.29) is 11.1 Å². The van der Waals surface area contributed by atoms with Crippen LogP contribution in [0.2, 0.25) is 0 Å². The second-order valence-electron chi connectivity index (χ2n) is 3.36. The Labute approximate surface area is 114 Å². The van der Waals surface area contributed by atoms with Gasteiger partial charge in [0.05, 0.1) is 17.9 Å². The van der Waals surface area contributed by atoms with Crippen molar-refractivity contribution in [1.82, 2.24) is 0 Å². The first-order valence-corrected chi connectivity index (χ1v) is 6.19. The SMILES string of the molecule is CCOC(=O)c1cc(C)c(NC(N)=S)c(Br)c1. The highest BCUT2D eigenvalue weighted by Gasteiger charge is 2.12. The molecular weight excluding hydrogens is 304 g/mol. The molecule has 0 atom stereocenters. The third-order valence-corrected chi connectivity index (χ3v) is 2.77. The van der Waals surface area contributed by atoms with Gasteiger partial charge in [0.15, 0.2) is 5.11 Å². The number of halogens is 1. The maximum absolute atomic E-state index is 11.6. The molecule has 17 heavy (non-hydrogen) atoms. The Morgan fingerprint density at radius 3 is 2.71 bits per heavy atom. The zero-order valence-electron chi connectivity index (χ0n) is 9.54. The molecule has 6 heteroatoms. The van der Waals surface area contributed by atoms with E-state index >= 15 is 0 Å². The Morgan fingerprint density at radius 2 is 2.24 bits per heavy atom. The summed E-state index contributed by atoms with van der Waals surface area (Å²) in [5.74, 6) is -0.349. The van der Waals surface area contributed by atoms with E-state index in [9.17, 15) is 4.79 Å². The smallest absolute Gasteiger partial charge is 0.338 e. The Hall–Kier alpha value is -1.14. The minimum Gasteiger partial charge on any atom is -0.462 e. The maximum Gasteiger partial charge on any atom is 0.338 e. The molecule has 0 heterocycles. The first-order chi connectivity index (χ1) is 7.95. The van der Waals surface area contributed by atoms with Crippen molar-refractivity contribution in [3.63, 3.8) is 0 Å². The van der Waals surface area contributed by atoms with E-state index in [0.29, 0.717) is 16.6 Å². The normalized spacial score (nSPS) is 9.82. The van der Waals surface area contributed by atoms with Crippen molar-refractivity contribution in [2.75, 3.05) is 11.9 Å². The number of rotatable bonds is 3. The molecular formula is C11H13BrN2O2S. The third kappa shape index (κ3) is 3.67. The van der Waals surface area contributed by atoms with Crippen molar-refractivity contribution in [3.8, 4) is 0 Å². The molecule has 0 aliphatic rings. The molecule has 92 valence electrons. The largest absolute Gasteiger partial charge is 0.462 e. The third-order valence-electron chi connectivity index (χ3n) is 2.05. The number of hydrogen-bond acceptors (Lipinski definition) is 3. The maximum atomic E-state index is 11.6. The molecule has 1 aromatic rings. The fourth-order valence-corrected chi connectivity index (χ4v) is 2.12. The van der Waals surface area contributed by atoms with Crippen LogP contribution in [-0.2, 0) is 4.74 Å². The van der Waals surface area contributed by atoms with E-state index in [1.54, 1.807) is 19.1 Å². The second kappa shape index (κ2) is 5.97. The summed E-state index contributed by atoms with van der Waals surface area (Å²) in [5, 5.41) is 3.03. The van der Waals surface area contributed by atoms with Crippen molar-refractivity contribution in [1.29, 1.82) is 0 Å². The van der Waals surface area contributed by atoms with Crippen LogP contribution in [0.25, 0.3) is 0 Å². The number of ether oxygens (including phenoxy) is 1. The highest BCUT2D eigenvalue weighted by Crippen LogP contribution is 2.28. The van der Waals surface area contributed by atoms with Crippen LogP contribution in [0.4, 0.5) is 5.69 Å². The fraction of sp³-hybridized carbons (Fsp3) is 0.273. The first kappa shape index (κ1) is 13.9. The van der Waals surface area contributed by atoms with Crippen LogP contribution in [0.1, 0.15) is 22.8 Å². The van der Waals surface area contributed by atoms with Crippen LogP contribution in [0, 0.1) is 6.92 Å². The number of hydrogen-bond donors (Lipinski definition) is 2. The molecule has 0 saturated heterocycles. The molecule has 0 aliphatic carbocycles. The van der Waals surface area contributed by atoms with Crippen LogP contribution >= 0.6 is 28.1 Å². The van der Waals surface area contributed by atoms with E-state index in [2.05, 4.69) is 21.2 Å².